The summed E-state index contributed by atoms with van der Waals surface area (Å²) < 4.78 is 27.9. The number of benzene rings is 2. The van der Waals surface area contributed by atoms with E-state index in [1.807, 2.05) is 24.3 Å². The van der Waals surface area contributed by atoms with Crippen molar-refractivity contribution >= 4 is 50.9 Å². The highest BCUT2D eigenvalue weighted by Gasteiger charge is 2.28. The van der Waals surface area contributed by atoms with Gasteiger partial charge in [0.15, 0.2) is 0 Å². The number of carbonyl (C=O) groups is 2. The van der Waals surface area contributed by atoms with Gasteiger partial charge in [-0.05, 0) is 43.0 Å². The number of halogens is 2. The van der Waals surface area contributed by atoms with E-state index in [4.69, 9.17) is 28.9 Å². The van der Waals surface area contributed by atoms with Crippen molar-refractivity contribution in [1.29, 1.82) is 0 Å². The third-order valence-electron chi connectivity index (χ3n) is 6.31. The van der Waals surface area contributed by atoms with Gasteiger partial charge in [-0.1, -0.05) is 47.5 Å². The summed E-state index contributed by atoms with van der Waals surface area (Å²) in [4.78, 5) is 30.0. The molecule has 1 aliphatic rings. The van der Waals surface area contributed by atoms with Crippen LogP contribution in [0.15, 0.2) is 46.3 Å². The molecule has 0 fully saturated rings. The lowest BCUT2D eigenvalue weighted by atomic mass is 10.1. The van der Waals surface area contributed by atoms with E-state index in [0.29, 0.717) is 30.0 Å². The van der Waals surface area contributed by atoms with Crippen LogP contribution in [0, 0.1) is 6.92 Å². The van der Waals surface area contributed by atoms with Crippen LogP contribution in [-0.4, -0.2) is 68.5 Å². The van der Waals surface area contributed by atoms with Crippen molar-refractivity contribution in [3.05, 3.63) is 63.1 Å². The number of amides is 2. The van der Waals surface area contributed by atoms with Gasteiger partial charge in [-0.15, -0.1) is 0 Å². The molecule has 9 nitrogen and oxygen atoms in total. The lowest BCUT2D eigenvalue weighted by molar-refractivity contribution is -0.130. The topological polar surface area (TPSA) is 125 Å². The molecule has 38 heavy (non-hydrogen) atoms. The molecule has 0 aromatic heterocycles. The normalized spacial score (nSPS) is 13.3. The average molecular weight is 583 g/mol. The Hall–Kier alpha value is -2.66. The van der Waals surface area contributed by atoms with Gasteiger partial charge in [-0.2, -0.15) is 4.31 Å². The second-order valence-electron chi connectivity index (χ2n) is 9.17. The van der Waals surface area contributed by atoms with E-state index in [0.717, 1.165) is 30.1 Å². The number of nitrogens with two attached hydrogens (primary N) is 1. The first-order chi connectivity index (χ1) is 18.0. The first kappa shape index (κ1) is 29.9. The molecule has 3 N–H and O–H groups in total. The molecule has 1 heterocycles. The molecule has 0 saturated carbocycles. The highest BCUT2D eigenvalue weighted by molar-refractivity contribution is 7.89. The predicted molar refractivity (Wildman–Crippen MR) is 150 cm³/mol. The Morgan fingerprint density at radius 1 is 1.05 bits per heavy atom. The fourth-order valence-corrected chi connectivity index (χ4v) is 6.30. The van der Waals surface area contributed by atoms with Crippen LogP contribution < -0.4 is 11.1 Å². The molecule has 2 aromatic rings. The van der Waals surface area contributed by atoms with Gasteiger partial charge in [0, 0.05) is 56.7 Å². The van der Waals surface area contributed by atoms with E-state index in [1.54, 1.807) is 18.9 Å². The van der Waals surface area contributed by atoms with Crippen molar-refractivity contribution in [2.45, 2.75) is 44.0 Å². The van der Waals surface area contributed by atoms with E-state index in [-0.39, 0.29) is 41.8 Å². The summed E-state index contributed by atoms with van der Waals surface area (Å²) >= 11 is 12.4. The summed E-state index contributed by atoms with van der Waals surface area (Å²) in [7, 11) is -2.26. The SMILES string of the molecule is Cc1c(Cl)ccc(S(=O)(=O)N(CCCCC(=O)N(C)Cc2ccc(C3=NCCN3)cc2)CCC(N)=O)c1Cl. The van der Waals surface area contributed by atoms with Gasteiger partial charge in [-0.3, -0.25) is 14.6 Å². The lowest BCUT2D eigenvalue weighted by Gasteiger charge is -2.23. The number of carbonyl (C=O) groups excluding carboxylic acids is 2. The molecule has 206 valence electrons. The number of unbranched alkanes of at least 4 members (excludes halogenated alkanes) is 1. The van der Waals surface area contributed by atoms with E-state index in [2.05, 4.69) is 10.3 Å². The maximum Gasteiger partial charge on any atom is 0.244 e. The fourth-order valence-electron chi connectivity index (χ4n) is 4.04. The zero-order valence-corrected chi connectivity index (χ0v) is 23.9. The van der Waals surface area contributed by atoms with Gasteiger partial charge >= 0.3 is 0 Å². The van der Waals surface area contributed by atoms with Gasteiger partial charge in [0.05, 0.1) is 11.6 Å². The summed E-state index contributed by atoms with van der Waals surface area (Å²) in [6.07, 6.45) is 1.03. The third-order valence-corrected chi connectivity index (χ3v) is 9.26. The Morgan fingerprint density at radius 2 is 1.76 bits per heavy atom. The summed E-state index contributed by atoms with van der Waals surface area (Å²) in [6.45, 7) is 3.75. The smallest absolute Gasteiger partial charge is 0.244 e. The summed E-state index contributed by atoms with van der Waals surface area (Å²) in [6, 6.07) is 10.8. The van der Waals surface area contributed by atoms with Crippen molar-refractivity contribution in [3.8, 4) is 0 Å². The molecule has 0 unspecified atom stereocenters. The predicted octanol–water partition coefficient (Wildman–Crippen LogP) is 3.35. The Bertz CT molecular complexity index is 1300. The molecular formula is C26H33Cl2N5O4S. The number of amidine groups is 1. The molecule has 3 rings (SSSR count). The molecule has 0 saturated heterocycles. The van der Waals surface area contributed by atoms with Crippen LogP contribution in [-0.2, 0) is 26.2 Å². The van der Waals surface area contributed by atoms with Crippen molar-refractivity contribution in [1.82, 2.24) is 14.5 Å². The second kappa shape index (κ2) is 13.4. The minimum atomic E-state index is -4.01. The van der Waals surface area contributed by atoms with Crippen molar-refractivity contribution < 1.29 is 18.0 Å². The first-order valence-corrected chi connectivity index (χ1v) is 14.5. The van der Waals surface area contributed by atoms with Crippen LogP contribution in [0.4, 0.5) is 0 Å². The number of primary amides is 1. The first-order valence-electron chi connectivity index (χ1n) is 12.4. The molecule has 1 aliphatic heterocycles. The molecular weight excluding hydrogens is 549 g/mol. The number of sulfonamides is 1. The number of nitrogens with one attached hydrogen (secondary N) is 1. The molecule has 12 heteroatoms. The Kier molecular flexibility index (Phi) is 10.6. The van der Waals surface area contributed by atoms with Gasteiger partial charge in [-0.25, -0.2) is 8.42 Å². The van der Waals surface area contributed by atoms with Crippen molar-refractivity contribution in [2.24, 2.45) is 10.7 Å². The Labute approximate surface area is 234 Å². The van der Waals surface area contributed by atoms with E-state index < -0.39 is 15.9 Å². The molecule has 0 aliphatic carbocycles. The summed E-state index contributed by atoms with van der Waals surface area (Å²) in [5.41, 5.74) is 7.74. The summed E-state index contributed by atoms with van der Waals surface area (Å²) in [5, 5.41) is 3.64. The minimum Gasteiger partial charge on any atom is -0.370 e. The molecule has 2 amide bonds. The molecule has 0 bridgehead atoms. The van der Waals surface area contributed by atoms with Gasteiger partial charge in [0.2, 0.25) is 21.8 Å². The highest BCUT2D eigenvalue weighted by Crippen LogP contribution is 2.32. The maximum atomic E-state index is 13.3. The largest absolute Gasteiger partial charge is 0.370 e. The zero-order valence-electron chi connectivity index (χ0n) is 21.5. The van der Waals surface area contributed by atoms with Crippen LogP contribution in [0.1, 0.15) is 42.4 Å². The van der Waals surface area contributed by atoms with Crippen LogP contribution >= 0.6 is 23.2 Å². The quantitative estimate of drug-likeness (QED) is 0.351. The number of aliphatic imine (C=N–C) groups is 1. The average Bonchev–Trinajstić information content (AvgIpc) is 3.41. The third kappa shape index (κ3) is 7.69. The second-order valence-corrected chi connectivity index (χ2v) is 11.9. The number of rotatable bonds is 13. The minimum absolute atomic E-state index is 0.0407. The number of hydrogen-bond donors (Lipinski definition) is 2. The maximum absolute atomic E-state index is 13.3. The molecule has 0 spiro atoms. The highest BCUT2D eigenvalue weighted by atomic mass is 35.5. The molecule has 0 atom stereocenters. The lowest BCUT2D eigenvalue weighted by Crippen LogP contribution is -2.35. The Morgan fingerprint density at radius 3 is 2.39 bits per heavy atom. The summed E-state index contributed by atoms with van der Waals surface area (Å²) in [5.74, 6) is 0.237. The van der Waals surface area contributed by atoms with Crippen LogP contribution in [0.25, 0.3) is 0 Å². The number of hydrogen-bond acceptors (Lipinski definition) is 6. The van der Waals surface area contributed by atoms with Crippen molar-refractivity contribution in [2.75, 3.05) is 33.2 Å². The van der Waals surface area contributed by atoms with Crippen molar-refractivity contribution in [3.63, 3.8) is 0 Å². The van der Waals surface area contributed by atoms with Gasteiger partial charge in [0.1, 0.15) is 10.7 Å². The van der Waals surface area contributed by atoms with Crippen LogP contribution in [0.3, 0.4) is 0 Å². The van der Waals surface area contributed by atoms with Gasteiger partial charge < -0.3 is 16.0 Å². The fraction of sp³-hybridized carbons (Fsp3) is 0.423. The Balaban J connectivity index is 1.55. The van der Waals surface area contributed by atoms with Crippen LogP contribution in [0.5, 0.6) is 0 Å². The molecule has 0 radical (unpaired) electrons. The monoisotopic (exact) mass is 581 g/mol. The van der Waals surface area contributed by atoms with Gasteiger partial charge in [0.25, 0.3) is 0 Å². The van der Waals surface area contributed by atoms with E-state index in [1.165, 1.54) is 16.4 Å². The molecule has 2 aromatic carbocycles. The van der Waals surface area contributed by atoms with Crippen LogP contribution in [0.2, 0.25) is 10.0 Å². The number of nitrogens with zero attached hydrogens (tertiary/aromatic N) is 3. The van der Waals surface area contributed by atoms with E-state index in [9.17, 15) is 18.0 Å². The standard InChI is InChI=1S/C26H33Cl2N5O4S/c1-18-21(27)10-11-22(25(18)28)38(36,37)33(16-12-23(29)34)15-4-3-5-24(35)32(2)17-19-6-8-20(9-7-19)26-30-13-14-31-26/h6-11H,3-5,12-17H2,1-2H3,(H2,29,34)(H,30,31). The zero-order chi connectivity index (χ0) is 27.9. The van der Waals surface area contributed by atoms with E-state index >= 15 is 0 Å².